The second-order valence-corrected chi connectivity index (χ2v) is 5.20. The lowest BCUT2D eigenvalue weighted by Gasteiger charge is -2.37. The fourth-order valence-corrected chi connectivity index (χ4v) is 2.55. The molecule has 1 heterocycles. The van der Waals surface area contributed by atoms with Gasteiger partial charge in [0.25, 0.3) is 0 Å². The molecule has 0 aromatic carbocycles. The van der Waals surface area contributed by atoms with Gasteiger partial charge in [-0.25, -0.2) is 0 Å². The molecule has 0 spiro atoms. The monoisotopic (exact) mass is 266 g/mol. The number of aromatic nitrogens is 1. The molecular formula is C14H22N2O3. The summed E-state index contributed by atoms with van der Waals surface area (Å²) in [7, 11) is 0. The fraction of sp³-hybridized carbons (Fsp3) is 0.714. The molecule has 1 saturated carbocycles. The van der Waals surface area contributed by atoms with Crippen LogP contribution in [0.15, 0.2) is 4.52 Å². The van der Waals surface area contributed by atoms with Gasteiger partial charge in [-0.2, -0.15) is 0 Å². The molecule has 0 bridgehead atoms. The molecule has 5 nitrogen and oxygen atoms in total. The van der Waals surface area contributed by atoms with Gasteiger partial charge in [0, 0.05) is 24.6 Å². The van der Waals surface area contributed by atoms with Crippen LogP contribution in [0.2, 0.25) is 0 Å². The van der Waals surface area contributed by atoms with Crippen molar-refractivity contribution in [2.24, 2.45) is 0 Å². The molecule has 0 unspecified atom stereocenters. The van der Waals surface area contributed by atoms with Crippen molar-refractivity contribution in [3.8, 4) is 0 Å². The number of nitrogens with zero attached hydrogens (tertiary/aromatic N) is 2. The summed E-state index contributed by atoms with van der Waals surface area (Å²) in [6.45, 7) is 4.25. The summed E-state index contributed by atoms with van der Waals surface area (Å²) < 4.78 is 5.10. The number of rotatable bonds is 6. The van der Waals surface area contributed by atoms with Crippen molar-refractivity contribution in [2.75, 3.05) is 13.2 Å². The summed E-state index contributed by atoms with van der Waals surface area (Å²) in [6, 6.07) is 0.337. The predicted molar refractivity (Wildman–Crippen MR) is 70.7 cm³/mol. The number of carbonyl (C=O) groups excluding carboxylic acids is 1. The molecule has 1 fully saturated rings. The average molecular weight is 266 g/mol. The molecule has 0 aliphatic heterocycles. The maximum absolute atomic E-state index is 12.2. The van der Waals surface area contributed by atoms with E-state index in [9.17, 15) is 4.79 Å². The molecule has 1 aliphatic carbocycles. The minimum atomic E-state index is 0.0353. The third-order valence-corrected chi connectivity index (χ3v) is 3.95. The molecule has 1 aromatic heterocycles. The van der Waals surface area contributed by atoms with Gasteiger partial charge in [0.1, 0.15) is 5.76 Å². The Kier molecular flexibility index (Phi) is 4.58. The van der Waals surface area contributed by atoms with Crippen molar-refractivity contribution >= 4 is 5.91 Å². The SMILES string of the molecule is Cc1noc(C)c1CCC(=O)N(CCO)C1CCC1. The van der Waals surface area contributed by atoms with Crippen LogP contribution < -0.4 is 0 Å². The van der Waals surface area contributed by atoms with Gasteiger partial charge in [-0.05, 0) is 39.5 Å². The fourth-order valence-electron chi connectivity index (χ4n) is 2.55. The van der Waals surface area contributed by atoms with Gasteiger partial charge < -0.3 is 14.5 Å². The van der Waals surface area contributed by atoms with E-state index in [1.807, 2.05) is 18.7 Å². The highest BCUT2D eigenvalue weighted by Gasteiger charge is 2.28. The van der Waals surface area contributed by atoms with E-state index in [1.165, 1.54) is 6.42 Å². The van der Waals surface area contributed by atoms with E-state index in [-0.39, 0.29) is 12.5 Å². The summed E-state index contributed by atoms with van der Waals surface area (Å²) in [5.74, 6) is 0.918. The van der Waals surface area contributed by atoms with Crippen LogP contribution >= 0.6 is 0 Å². The largest absolute Gasteiger partial charge is 0.395 e. The van der Waals surface area contributed by atoms with Crippen LogP contribution in [-0.4, -0.2) is 40.3 Å². The zero-order chi connectivity index (χ0) is 13.8. The summed E-state index contributed by atoms with van der Waals surface area (Å²) in [6.07, 6.45) is 4.44. The predicted octanol–water partition coefficient (Wildman–Crippen LogP) is 1.60. The van der Waals surface area contributed by atoms with Gasteiger partial charge in [-0.3, -0.25) is 4.79 Å². The molecule has 1 amide bonds. The third-order valence-electron chi connectivity index (χ3n) is 3.95. The Bertz CT molecular complexity index is 418. The van der Waals surface area contributed by atoms with Crippen molar-refractivity contribution in [1.29, 1.82) is 0 Å². The van der Waals surface area contributed by atoms with Gasteiger partial charge in [-0.15, -0.1) is 0 Å². The van der Waals surface area contributed by atoms with Gasteiger partial charge in [0.2, 0.25) is 5.91 Å². The molecule has 1 N–H and O–H groups in total. The van der Waals surface area contributed by atoms with Gasteiger partial charge in [-0.1, -0.05) is 5.16 Å². The lowest BCUT2D eigenvalue weighted by Crippen LogP contribution is -2.45. The Balaban J connectivity index is 1.92. The second-order valence-electron chi connectivity index (χ2n) is 5.20. The van der Waals surface area contributed by atoms with E-state index in [0.717, 1.165) is 29.9 Å². The van der Waals surface area contributed by atoms with Gasteiger partial charge in [0.15, 0.2) is 0 Å². The van der Waals surface area contributed by atoms with Gasteiger partial charge in [0.05, 0.1) is 12.3 Å². The first-order valence-electron chi connectivity index (χ1n) is 6.95. The van der Waals surface area contributed by atoms with Crippen LogP contribution in [0.4, 0.5) is 0 Å². The number of hydrogen-bond acceptors (Lipinski definition) is 4. The lowest BCUT2D eigenvalue weighted by atomic mass is 9.91. The smallest absolute Gasteiger partial charge is 0.223 e. The molecule has 1 aromatic rings. The average Bonchev–Trinajstić information content (AvgIpc) is 2.63. The Hall–Kier alpha value is -1.36. The number of aliphatic hydroxyl groups is 1. The topological polar surface area (TPSA) is 66.6 Å². The summed E-state index contributed by atoms with van der Waals surface area (Å²) in [5, 5.41) is 13.0. The Morgan fingerprint density at radius 2 is 2.21 bits per heavy atom. The lowest BCUT2D eigenvalue weighted by molar-refractivity contribution is -0.135. The maximum atomic E-state index is 12.2. The first-order valence-corrected chi connectivity index (χ1v) is 6.95. The van der Waals surface area contributed by atoms with E-state index in [2.05, 4.69) is 5.16 Å². The number of carbonyl (C=O) groups is 1. The first kappa shape index (κ1) is 14.1. The van der Waals surface area contributed by atoms with E-state index in [1.54, 1.807) is 0 Å². The molecular weight excluding hydrogens is 244 g/mol. The molecule has 1 aliphatic rings. The zero-order valence-electron chi connectivity index (χ0n) is 11.7. The van der Waals surface area contributed by atoms with Crippen LogP contribution in [0, 0.1) is 13.8 Å². The highest BCUT2D eigenvalue weighted by atomic mass is 16.5. The zero-order valence-corrected chi connectivity index (χ0v) is 11.7. The molecule has 0 radical (unpaired) electrons. The van der Waals surface area contributed by atoms with Crippen LogP contribution in [0.3, 0.4) is 0 Å². The van der Waals surface area contributed by atoms with Crippen molar-refractivity contribution in [3.63, 3.8) is 0 Å². The Labute approximate surface area is 113 Å². The van der Waals surface area contributed by atoms with Crippen molar-refractivity contribution in [1.82, 2.24) is 10.1 Å². The summed E-state index contributed by atoms with van der Waals surface area (Å²) >= 11 is 0. The minimum Gasteiger partial charge on any atom is -0.395 e. The van der Waals surface area contributed by atoms with Crippen molar-refractivity contribution in [3.05, 3.63) is 17.0 Å². The number of amides is 1. The molecule has 0 saturated heterocycles. The van der Waals surface area contributed by atoms with Crippen LogP contribution in [0.1, 0.15) is 42.7 Å². The second kappa shape index (κ2) is 6.19. The first-order chi connectivity index (χ1) is 9.13. The minimum absolute atomic E-state index is 0.0353. The number of aryl methyl sites for hydroxylation is 2. The Morgan fingerprint density at radius 1 is 1.47 bits per heavy atom. The van der Waals surface area contributed by atoms with Crippen LogP contribution in [0.5, 0.6) is 0 Å². The highest BCUT2D eigenvalue weighted by Crippen LogP contribution is 2.25. The van der Waals surface area contributed by atoms with E-state index in [4.69, 9.17) is 9.63 Å². The molecule has 19 heavy (non-hydrogen) atoms. The highest BCUT2D eigenvalue weighted by molar-refractivity contribution is 5.77. The normalized spacial score (nSPS) is 15.3. The quantitative estimate of drug-likeness (QED) is 0.849. The van der Waals surface area contributed by atoms with Crippen LogP contribution in [-0.2, 0) is 11.2 Å². The molecule has 2 rings (SSSR count). The number of hydrogen-bond donors (Lipinski definition) is 1. The maximum Gasteiger partial charge on any atom is 0.223 e. The standard InChI is InChI=1S/C14H22N2O3/c1-10-13(11(2)19-15-10)6-7-14(18)16(8-9-17)12-4-3-5-12/h12,17H,3-9H2,1-2H3. The van der Waals surface area contributed by atoms with Crippen molar-refractivity contribution in [2.45, 2.75) is 52.0 Å². The number of aliphatic hydroxyl groups excluding tert-OH is 1. The van der Waals surface area contributed by atoms with E-state index < -0.39 is 0 Å². The van der Waals surface area contributed by atoms with E-state index >= 15 is 0 Å². The molecule has 5 heteroatoms. The molecule has 106 valence electrons. The summed E-state index contributed by atoms with van der Waals surface area (Å²) in [4.78, 5) is 14.1. The molecule has 0 atom stereocenters. The Morgan fingerprint density at radius 3 is 2.68 bits per heavy atom. The van der Waals surface area contributed by atoms with Crippen LogP contribution in [0.25, 0.3) is 0 Å². The summed E-state index contributed by atoms with van der Waals surface area (Å²) in [5.41, 5.74) is 1.90. The third kappa shape index (κ3) is 3.15. The van der Waals surface area contributed by atoms with Crippen molar-refractivity contribution < 1.29 is 14.4 Å². The van der Waals surface area contributed by atoms with E-state index in [0.29, 0.717) is 25.4 Å². The van der Waals surface area contributed by atoms with Gasteiger partial charge >= 0.3 is 0 Å².